The second-order valence-electron chi connectivity index (χ2n) is 2.72. The zero-order valence-corrected chi connectivity index (χ0v) is 8.77. The minimum absolute atomic E-state index is 0. The van der Waals surface area contributed by atoms with Crippen LogP contribution in [-0.4, -0.2) is 10.2 Å². The standard InChI is InChI=1S/C9H8ClN3.ClH/c10-7-3-1-2-6(4-7)8-5-9(11)13-12-8;/h1-5H,(H3,11,12,13);1H. The van der Waals surface area contributed by atoms with E-state index in [1.54, 1.807) is 6.07 Å². The van der Waals surface area contributed by atoms with Crippen molar-refractivity contribution < 1.29 is 0 Å². The molecule has 0 amide bonds. The van der Waals surface area contributed by atoms with Gasteiger partial charge in [0.05, 0.1) is 5.69 Å². The molecule has 0 saturated heterocycles. The molecule has 0 bridgehead atoms. The summed E-state index contributed by atoms with van der Waals surface area (Å²) in [5.41, 5.74) is 7.34. The van der Waals surface area contributed by atoms with Crippen LogP contribution in [0.1, 0.15) is 0 Å². The van der Waals surface area contributed by atoms with Crippen LogP contribution >= 0.6 is 24.0 Å². The summed E-state index contributed by atoms with van der Waals surface area (Å²) in [4.78, 5) is 0. The van der Waals surface area contributed by atoms with Crippen molar-refractivity contribution in [1.82, 2.24) is 10.2 Å². The quantitative estimate of drug-likeness (QED) is 0.791. The third-order valence-corrected chi connectivity index (χ3v) is 1.97. The minimum atomic E-state index is 0. The molecule has 0 aliphatic rings. The molecule has 74 valence electrons. The number of aromatic amines is 1. The fourth-order valence-corrected chi connectivity index (χ4v) is 1.33. The van der Waals surface area contributed by atoms with Crippen LogP contribution in [0.25, 0.3) is 11.3 Å². The highest BCUT2D eigenvalue weighted by atomic mass is 35.5. The first-order valence-corrected chi connectivity index (χ1v) is 4.20. The molecule has 14 heavy (non-hydrogen) atoms. The highest BCUT2D eigenvalue weighted by Gasteiger charge is 2.00. The van der Waals surface area contributed by atoms with Gasteiger partial charge in [0.2, 0.25) is 0 Å². The molecule has 2 aromatic rings. The van der Waals surface area contributed by atoms with Crippen LogP contribution < -0.4 is 5.73 Å². The average Bonchev–Trinajstić information content (AvgIpc) is 2.52. The molecule has 0 spiro atoms. The van der Waals surface area contributed by atoms with Crippen LogP contribution in [0.4, 0.5) is 5.82 Å². The van der Waals surface area contributed by atoms with E-state index in [2.05, 4.69) is 10.2 Å². The highest BCUT2D eigenvalue weighted by molar-refractivity contribution is 6.30. The second-order valence-corrected chi connectivity index (χ2v) is 3.15. The van der Waals surface area contributed by atoms with Gasteiger partial charge in [-0.05, 0) is 12.1 Å². The number of halogens is 2. The molecule has 1 aromatic heterocycles. The Balaban J connectivity index is 0.000000980. The molecular formula is C9H9Cl2N3. The summed E-state index contributed by atoms with van der Waals surface area (Å²) in [6.07, 6.45) is 0. The number of rotatable bonds is 1. The number of hydrogen-bond acceptors (Lipinski definition) is 2. The molecule has 3 nitrogen and oxygen atoms in total. The summed E-state index contributed by atoms with van der Waals surface area (Å²) in [5.74, 6) is 0.481. The topological polar surface area (TPSA) is 54.7 Å². The molecule has 1 heterocycles. The van der Waals surface area contributed by atoms with E-state index < -0.39 is 0 Å². The van der Waals surface area contributed by atoms with Crippen molar-refractivity contribution in [3.63, 3.8) is 0 Å². The van der Waals surface area contributed by atoms with Gasteiger partial charge in [-0.25, -0.2) is 0 Å². The smallest absolute Gasteiger partial charge is 0.145 e. The van der Waals surface area contributed by atoms with Crippen LogP contribution in [0.2, 0.25) is 5.02 Å². The molecule has 3 N–H and O–H groups in total. The average molecular weight is 230 g/mol. The number of benzene rings is 1. The summed E-state index contributed by atoms with van der Waals surface area (Å²) in [6.45, 7) is 0. The molecule has 0 aliphatic carbocycles. The first-order chi connectivity index (χ1) is 6.25. The van der Waals surface area contributed by atoms with E-state index in [0.717, 1.165) is 11.3 Å². The molecule has 0 aliphatic heterocycles. The Hall–Kier alpha value is -1.19. The van der Waals surface area contributed by atoms with Gasteiger partial charge < -0.3 is 5.73 Å². The van der Waals surface area contributed by atoms with Gasteiger partial charge >= 0.3 is 0 Å². The summed E-state index contributed by atoms with van der Waals surface area (Å²) in [7, 11) is 0. The lowest BCUT2D eigenvalue weighted by atomic mass is 10.1. The van der Waals surface area contributed by atoms with Gasteiger partial charge in [-0.2, -0.15) is 5.10 Å². The van der Waals surface area contributed by atoms with Crippen molar-refractivity contribution in [3.05, 3.63) is 35.4 Å². The normalized spacial score (nSPS) is 9.50. The maximum absolute atomic E-state index is 5.84. The lowest BCUT2D eigenvalue weighted by Crippen LogP contribution is -1.81. The first kappa shape index (κ1) is 10.9. The van der Waals surface area contributed by atoms with Gasteiger partial charge in [-0.15, -0.1) is 12.4 Å². The Morgan fingerprint density at radius 3 is 2.64 bits per heavy atom. The van der Waals surface area contributed by atoms with E-state index in [0.29, 0.717) is 10.8 Å². The van der Waals surface area contributed by atoms with Gasteiger partial charge in [-0.1, -0.05) is 23.7 Å². The molecule has 2 rings (SSSR count). The van der Waals surface area contributed by atoms with Crippen LogP contribution in [-0.2, 0) is 0 Å². The fraction of sp³-hybridized carbons (Fsp3) is 0. The maximum atomic E-state index is 5.84. The predicted molar refractivity (Wildman–Crippen MR) is 60.7 cm³/mol. The van der Waals surface area contributed by atoms with Crippen molar-refractivity contribution in [2.75, 3.05) is 5.73 Å². The SMILES string of the molecule is Cl.Nc1cc(-c2cccc(Cl)c2)[nH]n1. The summed E-state index contributed by atoms with van der Waals surface area (Å²) in [6, 6.07) is 9.28. The van der Waals surface area contributed by atoms with E-state index in [1.807, 2.05) is 24.3 Å². The largest absolute Gasteiger partial charge is 0.382 e. The van der Waals surface area contributed by atoms with E-state index in [9.17, 15) is 0 Å². The Labute approximate surface area is 92.7 Å². The molecular weight excluding hydrogens is 221 g/mol. The number of aromatic nitrogens is 2. The van der Waals surface area contributed by atoms with E-state index in [-0.39, 0.29) is 12.4 Å². The van der Waals surface area contributed by atoms with Crippen molar-refractivity contribution in [1.29, 1.82) is 0 Å². The maximum Gasteiger partial charge on any atom is 0.145 e. The summed E-state index contributed by atoms with van der Waals surface area (Å²) in [5, 5.41) is 7.35. The van der Waals surface area contributed by atoms with Crippen molar-refractivity contribution >= 4 is 29.8 Å². The third kappa shape index (κ3) is 2.19. The predicted octanol–water partition coefficient (Wildman–Crippen LogP) is 2.73. The number of hydrogen-bond donors (Lipinski definition) is 2. The van der Waals surface area contributed by atoms with Crippen LogP contribution in [0.15, 0.2) is 30.3 Å². The number of nitrogen functional groups attached to an aromatic ring is 1. The van der Waals surface area contributed by atoms with E-state index in [1.165, 1.54) is 0 Å². The molecule has 1 aromatic carbocycles. The van der Waals surface area contributed by atoms with Crippen LogP contribution in [0, 0.1) is 0 Å². The molecule has 0 saturated carbocycles. The number of anilines is 1. The molecule has 0 radical (unpaired) electrons. The number of nitrogens with zero attached hydrogens (tertiary/aromatic N) is 1. The highest BCUT2D eigenvalue weighted by Crippen LogP contribution is 2.21. The minimum Gasteiger partial charge on any atom is -0.382 e. The fourth-order valence-electron chi connectivity index (χ4n) is 1.14. The second kappa shape index (κ2) is 4.35. The molecule has 0 unspecified atom stereocenters. The Morgan fingerprint density at radius 1 is 1.29 bits per heavy atom. The van der Waals surface area contributed by atoms with E-state index >= 15 is 0 Å². The van der Waals surface area contributed by atoms with Gasteiger partial charge in [-0.3, -0.25) is 5.10 Å². The van der Waals surface area contributed by atoms with E-state index in [4.69, 9.17) is 17.3 Å². The summed E-state index contributed by atoms with van der Waals surface area (Å²) >= 11 is 5.84. The summed E-state index contributed by atoms with van der Waals surface area (Å²) < 4.78 is 0. The monoisotopic (exact) mass is 229 g/mol. The van der Waals surface area contributed by atoms with Crippen molar-refractivity contribution in [2.45, 2.75) is 0 Å². The lowest BCUT2D eigenvalue weighted by molar-refractivity contribution is 1.10. The Kier molecular flexibility index (Phi) is 3.38. The van der Waals surface area contributed by atoms with Crippen molar-refractivity contribution in [3.8, 4) is 11.3 Å². The Morgan fingerprint density at radius 2 is 2.07 bits per heavy atom. The number of nitrogens with one attached hydrogen (secondary N) is 1. The third-order valence-electron chi connectivity index (χ3n) is 1.73. The first-order valence-electron chi connectivity index (χ1n) is 3.82. The molecule has 0 atom stereocenters. The zero-order chi connectivity index (χ0) is 9.26. The number of H-pyrrole nitrogens is 1. The van der Waals surface area contributed by atoms with Crippen LogP contribution in [0.5, 0.6) is 0 Å². The lowest BCUT2D eigenvalue weighted by Gasteiger charge is -1.96. The van der Waals surface area contributed by atoms with Crippen molar-refractivity contribution in [2.24, 2.45) is 0 Å². The van der Waals surface area contributed by atoms with Gasteiger partial charge in [0.25, 0.3) is 0 Å². The van der Waals surface area contributed by atoms with Gasteiger partial charge in [0, 0.05) is 16.7 Å². The molecule has 0 fully saturated rings. The van der Waals surface area contributed by atoms with Gasteiger partial charge in [0.15, 0.2) is 0 Å². The zero-order valence-electron chi connectivity index (χ0n) is 7.20. The van der Waals surface area contributed by atoms with Crippen LogP contribution in [0.3, 0.4) is 0 Å². The molecule has 5 heteroatoms. The number of nitrogens with two attached hydrogens (primary N) is 1. The Bertz CT molecular complexity index is 426. The van der Waals surface area contributed by atoms with Gasteiger partial charge in [0.1, 0.15) is 5.82 Å².